The molecule has 1 heterocycles. The number of nitrogens with zero attached hydrogens (tertiary/aromatic N) is 2. The maximum absolute atomic E-state index is 10.6. The summed E-state index contributed by atoms with van der Waals surface area (Å²) in [7, 11) is 0. The first-order valence-corrected chi connectivity index (χ1v) is 8.95. The van der Waals surface area contributed by atoms with Gasteiger partial charge in [0.2, 0.25) is 5.88 Å². The first kappa shape index (κ1) is 16.9. The molecule has 0 saturated heterocycles. The quantitative estimate of drug-likeness (QED) is 0.449. The van der Waals surface area contributed by atoms with Gasteiger partial charge in [-0.05, 0) is 42.9 Å². The van der Waals surface area contributed by atoms with Crippen molar-refractivity contribution in [3.8, 4) is 5.88 Å². The Morgan fingerprint density at radius 2 is 1.96 bits per heavy atom. The zero-order valence-electron chi connectivity index (χ0n) is 12.9. The van der Waals surface area contributed by atoms with Crippen LogP contribution in [0.25, 0.3) is 0 Å². The molecule has 6 heteroatoms. The second kappa shape index (κ2) is 7.30. The summed E-state index contributed by atoms with van der Waals surface area (Å²) in [6.07, 6.45) is 1.62. The molecule has 0 amide bonds. The van der Waals surface area contributed by atoms with E-state index < -0.39 is 0 Å². The summed E-state index contributed by atoms with van der Waals surface area (Å²) in [6.45, 7) is 2.01. The molecule has 3 rings (SSSR count). The maximum Gasteiger partial charge on any atom is 0.212 e. The van der Waals surface area contributed by atoms with Gasteiger partial charge in [0, 0.05) is 5.02 Å². The van der Waals surface area contributed by atoms with Crippen LogP contribution in [-0.4, -0.2) is 15.9 Å². The minimum absolute atomic E-state index is 0.0525. The smallest absolute Gasteiger partial charge is 0.212 e. The normalized spacial score (nSPS) is 12.6. The Morgan fingerprint density at radius 1 is 1.21 bits per heavy atom. The molecule has 0 aliphatic rings. The van der Waals surface area contributed by atoms with Crippen molar-refractivity contribution in [1.29, 1.82) is 0 Å². The number of aromatic nitrogens is 1. The molecule has 3 aromatic rings. The third kappa shape index (κ3) is 3.59. The Kier molecular flexibility index (Phi) is 5.14. The zero-order chi connectivity index (χ0) is 17.1. The van der Waals surface area contributed by atoms with Gasteiger partial charge < -0.3 is 5.11 Å². The van der Waals surface area contributed by atoms with Gasteiger partial charge in [-0.3, -0.25) is 9.56 Å². The average molecular weight is 375 g/mol. The first-order chi connectivity index (χ1) is 11.6. The minimum Gasteiger partial charge on any atom is -0.493 e. The van der Waals surface area contributed by atoms with Gasteiger partial charge in [0.15, 0.2) is 3.95 Å². The molecule has 2 aromatic carbocycles. The lowest BCUT2D eigenvalue weighted by Crippen LogP contribution is -2.06. The molecular formula is C18H15ClN2OS2. The fourth-order valence-electron chi connectivity index (χ4n) is 2.39. The van der Waals surface area contributed by atoms with Gasteiger partial charge >= 0.3 is 0 Å². The number of halogens is 1. The number of aromatic hydroxyl groups is 1. The molecule has 122 valence electrons. The average Bonchev–Trinajstić information content (AvgIpc) is 2.87. The number of thiazole rings is 1. The lowest BCUT2D eigenvalue weighted by atomic mass is 10.1. The Labute approximate surface area is 154 Å². The summed E-state index contributed by atoms with van der Waals surface area (Å²) in [5.74, 6) is 0.132. The molecule has 0 aliphatic heterocycles. The molecule has 1 N–H and O–H groups in total. The standard InChI is InChI=1S/C18H15ClN2OS2/c1-12(13-6-3-2-4-7-13)21-17(22)16(24-18(21)23)11-20-15-9-5-8-14(19)10-15/h2-12,22H,1H3. The number of rotatable bonds is 4. The van der Waals surface area contributed by atoms with Crippen LogP contribution >= 0.6 is 35.2 Å². The van der Waals surface area contributed by atoms with E-state index in [1.807, 2.05) is 49.4 Å². The van der Waals surface area contributed by atoms with Crippen LogP contribution in [0.1, 0.15) is 23.4 Å². The maximum atomic E-state index is 10.6. The monoisotopic (exact) mass is 374 g/mol. The third-order valence-electron chi connectivity index (χ3n) is 3.65. The fraction of sp³-hybridized carbons (Fsp3) is 0.111. The van der Waals surface area contributed by atoms with Gasteiger partial charge in [-0.25, -0.2) is 0 Å². The van der Waals surface area contributed by atoms with Crippen LogP contribution in [0.3, 0.4) is 0 Å². The number of benzene rings is 2. The predicted octanol–water partition coefficient (Wildman–Crippen LogP) is 6.00. The predicted molar refractivity (Wildman–Crippen MR) is 104 cm³/mol. The topological polar surface area (TPSA) is 37.5 Å². The van der Waals surface area contributed by atoms with Gasteiger partial charge in [-0.1, -0.05) is 59.3 Å². The summed E-state index contributed by atoms with van der Waals surface area (Å²) in [4.78, 5) is 4.99. The summed E-state index contributed by atoms with van der Waals surface area (Å²) in [5.41, 5.74) is 1.81. The van der Waals surface area contributed by atoms with E-state index >= 15 is 0 Å². The largest absolute Gasteiger partial charge is 0.493 e. The Morgan fingerprint density at radius 3 is 2.67 bits per heavy atom. The Hall–Kier alpha value is -1.95. The summed E-state index contributed by atoms with van der Waals surface area (Å²) >= 11 is 12.7. The van der Waals surface area contributed by atoms with E-state index in [-0.39, 0.29) is 11.9 Å². The van der Waals surface area contributed by atoms with E-state index in [9.17, 15) is 5.11 Å². The number of hydrogen-bond acceptors (Lipinski definition) is 4. The molecule has 0 saturated carbocycles. The van der Waals surface area contributed by atoms with Gasteiger partial charge in [-0.15, -0.1) is 0 Å². The third-order valence-corrected chi connectivity index (χ3v) is 5.21. The van der Waals surface area contributed by atoms with Gasteiger partial charge in [0.1, 0.15) is 4.88 Å². The lowest BCUT2D eigenvalue weighted by molar-refractivity contribution is 0.405. The number of aliphatic imine (C=N–C) groups is 1. The van der Waals surface area contributed by atoms with Crippen LogP contribution in [0, 0.1) is 3.95 Å². The molecule has 1 atom stereocenters. The van der Waals surface area contributed by atoms with E-state index in [0.29, 0.717) is 13.9 Å². The molecule has 0 aliphatic carbocycles. The molecule has 1 unspecified atom stereocenters. The van der Waals surface area contributed by atoms with Crippen LogP contribution < -0.4 is 0 Å². The van der Waals surface area contributed by atoms with Crippen LogP contribution in [0.2, 0.25) is 5.02 Å². The van der Waals surface area contributed by atoms with Crippen molar-refractivity contribution < 1.29 is 5.11 Å². The SMILES string of the molecule is CC(c1ccccc1)n1c(O)c(C=Nc2cccc(Cl)c2)sc1=S. The minimum atomic E-state index is -0.0525. The van der Waals surface area contributed by atoms with E-state index in [0.717, 1.165) is 11.3 Å². The fourth-order valence-corrected chi connectivity index (χ4v) is 3.91. The Balaban J connectivity index is 1.94. The lowest BCUT2D eigenvalue weighted by Gasteiger charge is -2.14. The van der Waals surface area contributed by atoms with Gasteiger partial charge in [0.05, 0.1) is 17.9 Å². The van der Waals surface area contributed by atoms with Crippen LogP contribution in [0.4, 0.5) is 5.69 Å². The molecule has 0 spiro atoms. The second-order valence-electron chi connectivity index (χ2n) is 5.25. The molecule has 1 aromatic heterocycles. The summed E-state index contributed by atoms with van der Waals surface area (Å²) < 4.78 is 2.35. The summed E-state index contributed by atoms with van der Waals surface area (Å²) in [5, 5.41) is 11.2. The van der Waals surface area contributed by atoms with Crippen molar-refractivity contribution >= 4 is 47.1 Å². The van der Waals surface area contributed by atoms with Crippen molar-refractivity contribution in [3.63, 3.8) is 0 Å². The highest BCUT2D eigenvalue weighted by molar-refractivity contribution is 7.73. The number of hydrogen-bond donors (Lipinski definition) is 1. The molecular weight excluding hydrogens is 360 g/mol. The van der Waals surface area contributed by atoms with Gasteiger partial charge in [-0.2, -0.15) is 0 Å². The van der Waals surface area contributed by atoms with Crippen molar-refractivity contribution in [2.24, 2.45) is 4.99 Å². The Bertz CT molecular complexity index is 932. The van der Waals surface area contributed by atoms with E-state index in [2.05, 4.69) is 4.99 Å². The zero-order valence-corrected chi connectivity index (χ0v) is 15.3. The van der Waals surface area contributed by atoms with Crippen molar-refractivity contribution in [2.75, 3.05) is 0 Å². The first-order valence-electron chi connectivity index (χ1n) is 7.35. The van der Waals surface area contributed by atoms with Crippen molar-refractivity contribution in [1.82, 2.24) is 4.57 Å². The molecule has 0 fully saturated rings. The second-order valence-corrected chi connectivity index (χ2v) is 7.36. The van der Waals surface area contributed by atoms with E-state index in [1.165, 1.54) is 11.3 Å². The van der Waals surface area contributed by atoms with E-state index in [1.54, 1.807) is 22.9 Å². The van der Waals surface area contributed by atoms with Gasteiger partial charge in [0.25, 0.3) is 0 Å². The van der Waals surface area contributed by atoms with Crippen LogP contribution in [-0.2, 0) is 0 Å². The van der Waals surface area contributed by atoms with Crippen LogP contribution in [0.5, 0.6) is 5.88 Å². The van der Waals surface area contributed by atoms with E-state index in [4.69, 9.17) is 23.8 Å². The van der Waals surface area contributed by atoms with Crippen LogP contribution in [0.15, 0.2) is 59.6 Å². The van der Waals surface area contributed by atoms with Crippen molar-refractivity contribution in [3.05, 3.63) is 74.0 Å². The summed E-state index contributed by atoms with van der Waals surface area (Å²) in [6, 6.07) is 17.1. The molecule has 0 bridgehead atoms. The molecule has 0 radical (unpaired) electrons. The molecule has 24 heavy (non-hydrogen) atoms. The highest BCUT2D eigenvalue weighted by atomic mass is 35.5. The highest BCUT2D eigenvalue weighted by Crippen LogP contribution is 2.31. The molecule has 3 nitrogen and oxygen atoms in total. The van der Waals surface area contributed by atoms with Crippen molar-refractivity contribution in [2.45, 2.75) is 13.0 Å². The highest BCUT2D eigenvalue weighted by Gasteiger charge is 2.16.